The SMILES string of the molecule is [C-]#[N+]c1c(C)cc(OCCCC)c(C(=O)OC(C)(C)C)c1-c1cc(F)ccc1OC. The molecule has 0 radical (unpaired) electrons. The van der Waals surface area contributed by atoms with Gasteiger partial charge in [0, 0.05) is 11.1 Å². The first-order chi connectivity index (χ1) is 14.1. The van der Waals surface area contributed by atoms with E-state index in [9.17, 15) is 9.18 Å². The summed E-state index contributed by atoms with van der Waals surface area (Å²) >= 11 is 0. The first-order valence-corrected chi connectivity index (χ1v) is 9.88. The first kappa shape index (κ1) is 23.2. The van der Waals surface area contributed by atoms with Crippen LogP contribution in [-0.4, -0.2) is 25.3 Å². The molecule has 0 bridgehead atoms. The number of ether oxygens (including phenoxy) is 3. The van der Waals surface area contributed by atoms with E-state index < -0.39 is 17.4 Å². The van der Waals surface area contributed by atoms with Gasteiger partial charge >= 0.3 is 5.97 Å². The van der Waals surface area contributed by atoms with Crippen molar-refractivity contribution in [2.24, 2.45) is 0 Å². The standard InChI is InChI=1S/C24H28FNO4/c1-8-9-12-29-19-13-15(2)22(26-6)20(21(19)23(27)30-24(3,4)5)17-14-16(25)10-11-18(17)28-7/h10-11,13-14H,8-9,12H2,1-5,7H3. The molecule has 0 atom stereocenters. The number of methoxy groups -OCH3 is 1. The molecular formula is C24H28FNO4. The number of hydrogen-bond acceptors (Lipinski definition) is 4. The molecule has 0 aromatic heterocycles. The van der Waals surface area contributed by atoms with Gasteiger partial charge in [-0.1, -0.05) is 13.3 Å². The Morgan fingerprint density at radius 1 is 1.20 bits per heavy atom. The van der Waals surface area contributed by atoms with Gasteiger partial charge in [-0.15, -0.1) is 0 Å². The molecule has 0 unspecified atom stereocenters. The van der Waals surface area contributed by atoms with Crippen LogP contribution in [0.3, 0.4) is 0 Å². The molecule has 0 saturated carbocycles. The molecule has 0 N–H and O–H groups in total. The van der Waals surface area contributed by atoms with Crippen molar-refractivity contribution in [3.8, 4) is 22.6 Å². The Morgan fingerprint density at radius 2 is 1.90 bits per heavy atom. The number of carbonyl (C=O) groups is 1. The zero-order valence-corrected chi connectivity index (χ0v) is 18.4. The van der Waals surface area contributed by atoms with Gasteiger partial charge in [0.2, 0.25) is 0 Å². The van der Waals surface area contributed by atoms with Gasteiger partial charge in [-0.25, -0.2) is 14.0 Å². The zero-order valence-electron chi connectivity index (χ0n) is 18.4. The fourth-order valence-electron chi connectivity index (χ4n) is 3.03. The van der Waals surface area contributed by atoms with Gasteiger partial charge in [0.05, 0.1) is 25.9 Å². The van der Waals surface area contributed by atoms with Gasteiger partial charge in [-0.05, 0) is 63.9 Å². The van der Waals surface area contributed by atoms with Gasteiger partial charge in [0.1, 0.15) is 22.9 Å². The van der Waals surface area contributed by atoms with Crippen LogP contribution in [0.25, 0.3) is 16.0 Å². The van der Waals surface area contributed by atoms with Crippen LogP contribution in [0.5, 0.6) is 11.5 Å². The van der Waals surface area contributed by atoms with E-state index in [1.807, 2.05) is 6.92 Å². The molecule has 0 aliphatic heterocycles. The van der Waals surface area contributed by atoms with Crippen molar-refractivity contribution in [3.63, 3.8) is 0 Å². The van der Waals surface area contributed by atoms with E-state index in [-0.39, 0.29) is 16.8 Å². The Hall–Kier alpha value is -3.07. The Kier molecular flexibility index (Phi) is 7.44. The third-order valence-electron chi connectivity index (χ3n) is 4.36. The van der Waals surface area contributed by atoms with Crippen molar-refractivity contribution in [2.45, 2.75) is 53.1 Å². The average molecular weight is 413 g/mol. The highest BCUT2D eigenvalue weighted by molar-refractivity contribution is 6.05. The molecule has 2 rings (SSSR count). The van der Waals surface area contributed by atoms with E-state index >= 15 is 0 Å². The lowest BCUT2D eigenvalue weighted by molar-refractivity contribution is 0.00668. The monoisotopic (exact) mass is 413 g/mol. The van der Waals surface area contributed by atoms with E-state index in [2.05, 4.69) is 4.85 Å². The van der Waals surface area contributed by atoms with Gasteiger partial charge in [-0.3, -0.25) is 0 Å². The fraction of sp³-hybridized carbons (Fsp3) is 0.417. The Labute approximate surface area is 177 Å². The van der Waals surface area contributed by atoms with Gasteiger partial charge in [0.15, 0.2) is 5.69 Å². The second kappa shape index (κ2) is 9.62. The number of halogens is 1. The molecule has 0 aliphatic rings. The summed E-state index contributed by atoms with van der Waals surface area (Å²) < 4.78 is 31.1. The molecule has 5 nitrogen and oxygen atoms in total. The quantitative estimate of drug-likeness (QED) is 0.295. The predicted octanol–water partition coefficient (Wildman–Crippen LogP) is 6.49. The summed E-state index contributed by atoms with van der Waals surface area (Å²) in [5, 5.41) is 0. The second-order valence-corrected chi connectivity index (χ2v) is 7.95. The lowest BCUT2D eigenvalue weighted by Crippen LogP contribution is -2.25. The highest BCUT2D eigenvalue weighted by Crippen LogP contribution is 2.45. The Balaban J connectivity index is 2.88. The van der Waals surface area contributed by atoms with E-state index in [1.54, 1.807) is 33.8 Å². The maximum absolute atomic E-state index is 14.2. The Bertz CT molecular complexity index is 971. The third-order valence-corrected chi connectivity index (χ3v) is 4.36. The van der Waals surface area contributed by atoms with Crippen LogP contribution in [0.2, 0.25) is 0 Å². The topological polar surface area (TPSA) is 49.1 Å². The lowest BCUT2D eigenvalue weighted by atomic mass is 9.93. The predicted molar refractivity (Wildman–Crippen MR) is 115 cm³/mol. The van der Waals surface area contributed by atoms with Crippen molar-refractivity contribution in [2.75, 3.05) is 13.7 Å². The average Bonchev–Trinajstić information content (AvgIpc) is 2.66. The Morgan fingerprint density at radius 3 is 2.47 bits per heavy atom. The summed E-state index contributed by atoms with van der Waals surface area (Å²) in [6.45, 7) is 17.2. The summed E-state index contributed by atoms with van der Waals surface area (Å²) in [5.41, 5.74) is 0.731. The van der Waals surface area contributed by atoms with Crippen LogP contribution in [-0.2, 0) is 4.74 Å². The fourth-order valence-corrected chi connectivity index (χ4v) is 3.03. The van der Waals surface area contributed by atoms with Gasteiger partial charge in [0.25, 0.3) is 0 Å². The number of hydrogen-bond donors (Lipinski definition) is 0. The number of aryl methyl sites for hydroxylation is 1. The smallest absolute Gasteiger partial charge is 0.341 e. The summed E-state index contributed by atoms with van der Waals surface area (Å²) in [6.07, 6.45) is 1.72. The molecule has 0 fully saturated rings. The number of unbranched alkanes of at least 4 members (excludes halogenated alkanes) is 1. The normalized spacial score (nSPS) is 11.0. The minimum absolute atomic E-state index is 0.0986. The molecule has 0 spiro atoms. The lowest BCUT2D eigenvalue weighted by Gasteiger charge is -2.24. The minimum Gasteiger partial charge on any atom is -0.496 e. The van der Waals surface area contributed by atoms with Crippen molar-refractivity contribution < 1.29 is 23.4 Å². The molecule has 0 aliphatic carbocycles. The first-order valence-electron chi connectivity index (χ1n) is 9.88. The summed E-state index contributed by atoms with van der Waals surface area (Å²) in [4.78, 5) is 16.9. The van der Waals surface area contributed by atoms with E-state index in [1.165, 1.54) is 25.3 Å². The number of nitrogens with zero attached hydrogens (tertiary/aromatic N) is 1. The van der Waals surface area contributed by atoms with E-state index in [0.717, 1.165) is 12.8 Å². The highest BCUT2D eigenvalue weighted by Gasteiger charge is 2.29. The number of rotatable bonds is 7. The van der Waals surface area contributed by atoms with Crippen LogP contribution in [0, 0.1) is 19.3 Å². The molecule has 6 heteroatoms. The maximum Gasteiger partial charge on any atom is 0.341 e. The van der Waals surface area contributed by atoms with Crippen molar-refractivity contribution in [3.05, 3.63) is 52.6 Å². The van der Waals surface area contributed by atoms with Crippen LogP contribution in [0.15, 0.2) is 24.3 Å². The molecule has 2 aromatic rings. The second-order valence-electron chi connectivity index (χ2n) is 7.95. The number of esters is 1. The van der Waals surface area contributed by atoms with Crippen LogP contribution in [0.4, 0.5) is 10.1 Å². The summed E-state index contributed by atoms with van der Waals surface area (Å²) in [6, 6.07) is 5.65. The minimum atomic E-state index is -0.760. The molecule has 160 valence electrons. The molecule has 0 saturated heterocycles. The van der Waals surface area contributed by atoms with E-state index in [4.69, 9.17) is 20.8 Å². The maximum atomic E-state index is 14.2. The van der Waals surface area contributed by atoms with Gasteiger partial charge < -0.3 is 14.2 Å². The molecular weight excluding hydrogens is 385 g/mol. The molecule has 0 heterocycles. The summed E-state index contributed by atoms with van der Waals surface area (Å²) in [7, 11) is 1.45. The van der Waals surface area contributed by atoms with Crippen molar-refractivity contribution in [1.82, 2.24) is 0 Å². The number of carbonyl (C=O) groups excluding carboxylic acids is 1. The van der Waals surface area contributed by atoms with Crippen LogP contribution < -0.4 is 9.47 Å². The largest absolute Gasteiger partial charge is 0.496 e. The summed E-state index contributed by atoms with van der Waals surface area (Å²) in [5.74, 6) is -0.493. The van der Waals surface area contributed by atoms with Crippen molar-refractivity contribution in [1.29, 1.82) is 0 Å². The highest BCUT2D eigenvalue weighted by atomic mass is 19.1. The van der Waals surface area contributed by atoms with Crippen LogP contribution >= 0.6 is 0 Å². The zero-order chi connectivity index (χ0) is 22.5. The third kappa shape index (κ3) is 5.29. The molecule has 0 amide bonds. The number of benzene rings is 2. The van der Waals surface area contributed by atoms with Crippen molar-refractivity contribution >= 4 is 11.7 Å². The van der Waals surface area contributed by atoms with Gasteiger partial charge in [-0.2, -0.15) is 0 Å². The molecule has 2 aromatic carbocycles. The van der Waals surface area contributed by atoms with Crippen LogP contribution in [0.1, 0.15) is 56.5 Å². The molecule has 30 heavy (non-hydrogen) atoms. The van der Waals surface area contributed by atoms with E-state index in [0.29, 0.717) is 29.2 Å².